The largest absolute Gasteiger partial charge is 0.477 e. The number of thiazole rings is 1. The second kappa shape index (κ2) is 10.6. The minimum absolute atomic E-state index is 0.120. The molecule has 158 valence electrons. The van der Waals surface area contributed by atoms with Crippen molar-refractivity contribution in [3.05, 3.63) is 57.9 Å². The summed E-state index contributed by atoms with van der Waals surface area (Å²) in [5, 5.41) is 3.52. The van der Waals surface area contributed by atoms with Gasteiger partial charge in [0, 0.05) is 10.7 Å². The molecule has 0 aliphatic heterocycles. The molecule has 3 rings (SSSR count). The van der Waals surface area contributed by atoms with Crippen LogP contribution >= 0.6 is 27.3 Å². The monoisotopic (exact) mass is 489 g/mol. The Morgan fingerprint density at radius 3 is 2.87 bits per heavy atom. The van der Waals surface area contributed by atoms with Crippen molar-refractivity contribution in [3.63, 3.8) is 0 Å². The Kier molecular flexibility index (Phi) is 7.89. The normalized spacial score (nSPS) is 12.0. The lowest BCUT2D eigenvalue weighted by molar-refractivity contribution is 0.0932. The van der Waals surface area contributed by atoms with Crippen LogP contribution < -0.4 is 10.1 Å². The van der Waals surface area contributed by atoms with Crippen LogP contribution in [0, 0.1) is 0 Å². The third-order valence-electron chi connectivity index (χ3n) is 4.28. The van der Waals surface area contributed by atoms with Gasteiger partial charge in [-0.2, -0.15) is 0 Å². The van der Waals surface area contributed by atoms with E-state index < -0.39 is 0 Å². The van der Waals surface area contributed by atoms with E-state index in [9.17, 15) is 4.79 Å². The summed E-state index contributed by atoms with van der Waals surface area (Å²) in [5.41, 5.74) is 1.68. The van der Waals surface area contributed by atoms with Crippen molar-refractivity contribution in [1.29, 1.82) is 0 Å². The molecule has 1 unspecified atom stereocenters. The van der Waals surface area contributed by atoms with Gasteiger partial charge in [-0.15, -0.1) is 11.3 Å². The van der Waals surface area contributed by atoms with Crippen molar-refractivity contribution >= 4 is 33.2 Å². The number of nitrogens with zero attached hydrogens (tertiary/aromatic N) is 4. The molecule has 1 aromatic carbocycles. The topological polar surface area (TPSA) is 80.2 Å². The molecule has 0 radical (unpaired) electrons. The van der Waals surface area contributed by atoms with Crippen LogP contribution in [0.15, 0.2) is 47.3 Å². The zero-order valence-corrected chi connectivity index (χ0v) is 19.5. The molecule has 30 heavy (non-hydrogen) atoms. The molecule has 1 amide bonds. The highest BCUT2D eigenvalue weighted by Crippen LogP contribution is 2.27. The van der Waals surface area contributed by atoms with E-state index in [1.165, 1.54) is 11.3 Å². The maximum Gasteiger partial charge on any atom is 0.280 e. The van der Waals surface area contributed by atoms with Gasteiger partial charge >= 0.3 is 0 Å². The van der Waals surface area contributed by atoms with Gasteiger partial charge in [-0.1, -0.05) is 28.1 Å². The first-order valence-electron chi connectivity index (χ1n) is 9.58. The molecule has 0 aliphatic rings. The van der Waals surface area contributed by atoms with Gasteiger partial charge in [-0.25, -0.2) is 9.97 Å². The van der Waals surface area contributed by atoms with Gasteiger partial charge in [0.05, 0.1) is 29.9 Å². The number of ether oxygens (including phenoxy) is 1. The van der Waals surface area contributed by atoms with Gasteiger partial charge in [-0.3, -0.25) is 9.78 Å². The lowest BCUT2D eigenvalue weighted by Gasteiger charge is -2.21. The standard InChI is InChI=1S/C21H24BrN5O2S/c1-4-29-19-13-23-11-17(25-19)18-12-24-21(30-18)20(28)26-16(8-9-27(2)3)14-6-5-7-15(22)10-14/h5-7,10-13,16H,4,8-9H2,1-3H3,(H,26,28). The number of amides is 1. The van der Waals surface area contributed by atoms with E-state index in [0.717, 1.165) is 27.9 Å². The molecule has 0 aliphatic carbocycles. The molecular formula is C21H24BrN5O2S. The first-order valence-corrected chi connectivity index (χ1v) is 11.2. The van der Waals surface area contributed by atoms with Gasteiger partial charge < -0.3 is 15.0 Å². The maximum absolute atomic E-state index is 12.9. The average molecular weight is 490 g/mol. The predicted molar refractivity (Wildman–Crippen MR) is 122 cm³/mol. The molecule has 7 nitrogen and oxygen atoms in total. The highest BCUT2D eigenvalue weighted by molar-refractivity contribution is 9.10. The quantitative estimate of drug-likeness (QED) is 0.485. The van der Waals surface area contributed by atoms with Gasteiger partial charge in [0.15, 0.2) is 5.01 Å². The summed E-state index contributed by atoms with van der Waals surface area (Å²) in [4.78, 5) is 28.7. The SMILES string of the molecule is CCOc1cncc(-c2cnc(C(=O)NC(CCN(C)C)c3cccc(Br)c3)s2)n1. The Hall–Kier alpha value is -2.36. The third kappa shape index (κ3) is 6.07. The second-order valence-electron chi connectivity index (χ2n) is 6.88. The molecular weight excluding hydrogens is 466 g/mol. The summed E-state index contributed by atoms with van der Waals surface area (Å²) in [6.45, 7) is 3.25. The van der Waals surface area contributed by atoms with Gasteiger partial charge in [0.1, 0.15) is 5.69 Å². The predicted octanol–water partition coefficient (Wildman–Crippen LogP) is 4.18. The van der Waals surface area contributed by atoms with Crippen molar-refractivity contribution in [1.82, 2.24) is 25.2 Å². The Bertz CT molecular complexity index is 995. The molecule has 0 saturated heterocycles. The molecule has 2 aromatic heterocycles. The van der Waals surface area contributed by atoms with Crippen LogP contribution in [0.25, 0.3) is 10.6 Å². The van der Waals surface area contributed by atoms with E-state index in [0.29, 0.717) is 23.2 Å². The Balaban J connectivity index is 1.77. The Morgan fingerprint density at radius 2 is 2.13 bits per heavy atom. The maximum atomic E-state index is 12.9. The summed E-state index contributed by atoms with van der Waals surface area (Å²) < 4.78 is 6.38. The van der Waals surface area contributed by atoms with Crippen LogP contribution in [0.1, 0.15) is 34.8 Å². The number of halogens is 1. The zero-order chi connectivity index (χ0) is 21.5. The lowest BCUT2D eigenvalue weighted by Crippen LogP contribution is -2.31. The Labute approximate surface area is 188 Å². The van der Waals surface area contributed by atoms with Crippen molar-refractivity contribution < 1.29 is 9.53 Å². The Morgan fingerprint density at radius 1 is 1.30 bits per heavy atom. The first kappa shape index (κ1) is 22.3. The number of nitrogens with one attached hydrogen (secondary N) is 1. The van der Waals surface area contributed by atoms with E-state index >= 15 is 0 Å². The minimum Gasteiger partial charge on any atom is -0.477 e. The highest BCUT2D eigenvalue weighted by Gasteiger charge is 2.19. The number of carbonyl (C=O) groups is 1. The summed E-state index contributed by atoms with van der Waals surface area (Å²) in [7, 11) is 4.04. The van der Waals surface area contributed by atoms with Crippen LogP contribution in [0.4, 0.5) is 0 Å². The molecule has 0 saturated carbocycles. The number of carbonyl (C=O) groups excluding carboxylic acids is 1. The molecule has 0 spiro atoms. The number of benzene rings is 1. The highest BCUT2D eigenvalue weighted by atomic mass is 79.9. The fourth-order valence-corrected chi connectivity index (χ4v) is 4.03. The van der Waals surface area contributed by atoms with E-state index in [4.69, 9.17) is 4.74 Å². The van der Waals surface area contributed by atoms with Crippen LogP contribution in [0.5, 0.6) is 5.88 Å². The van der Waals surface area contributed by atoms with E-state index in [2.05, 4.69) is 41.1 Å². The van der Waals surface area contributed by atoms with Crippen LogP contribution in [-0.4, -0.2) is 53.0 Å². The van der Waals surface area contributed by atoms with E-state index in [1.54, 1.807) is 18.6 Å². The smallest absolute Gasteiger partial charge is 0.280 e. The summed E-state index contributed by atoms with van der Waals surface area (Å²) in [6.07, 6.45) is 5.64. The van der Waals surface area contributed by atoms with Crippen molar-refractivity contribution in [2.24, 2.45) is 0 Å². The second-order valence-corrected chi connectivity index (χ2v) is 8.82. The van der Waals surface area contributed by atoms with Crippen LogP contribution in [0.2, 0.25) is 0 Å². The average Bonchev–Trinajstić information content (AvgIpc) is 3.22. The van der Waals surface area contributed by atoms with Gasteiger partial charge in [0.2, 0.25) is 5.88 Å². The van der Waals surface area contributed by atoms with Crippen LogP contribution in [-0.2, 0) is 0 Å². The molecule has 1 atom stereocenters. The van der Waals surface area contributed by atoms with E-state index in [-0.39, 0.29) is 11.9 Å². The minimum atomic E-state index is -0.205. The molecule has 0 bridgehead atoms. The third-order valence-corrected chi connectivity index (χ3v) is 5.79. The first-order chi connectivity index (χ1) is 14.5. The summed E-state index contributed by atoms with van der Waals surface area (Å²) in [6, 6.07) is 7.88. The molecule has 2 heterocycles. The fourth-order valence-electron chi connectivity index (χ4n) is 2.83. The van der Waals surface area contributed by atoms with Gasteiger partial charge in [0.25, 0.3) is 5.91 Å². The number of rotatable bonds is 9. The van der Waals surface area contributed by atoms with Gasteiger partial charge in [-0.05, 0) is 51.7 Å². The number of hydrogen-bond donors (Lipinski definition) is 1. The molecule has 0 fully saturated rings. The van der Waals surface area contributed by atoms with E-state index in [1.807, 2.05) is 45.3 Å². The number of hydrogen-bond acceptors (Lipinski definition) is 7. The lowest BCUT2D eigenvalue weighted by atomic mass is 10.0. The van der Waals surface area contributed by atoms with Crippen molar-refractivity contribution in [2.45, 2.75) is 19.4 Å². The summed E-state index contributed by atoms with van der Waals surface area (Å²) in [5.74, 6) is 0.247. The van der Waals surface area contributed by atoms with Crippen molar-refractivity contribution in [3.8, 4) is 16.5 Å². The summed E-state index contributed by atoms with van der Waals surface area (Å²) >= 11 is 4.80. The van der Waals surface area contributed by atoms with Crippen molar-refractivity contribution in [2.75, 3.05) is 27.2 Å². The number of aromatic nitrogens is 3. The molecule has 3 aromatic rings. The van der Waals surface area contributed by atoms with Crippen LogP contribution in [0.3, 0.4) is 0 Å². The molecule has 9 heteroatoms. The zero-order valence-electron chi connectivity index (χ0n) is 17.1. The fraction of sp³-hybridized carbons (Fsp3) is 0.333. The molecule has 1 N–H and O–H groups in total.